The molecule has 122 valence electrons. The van der Waals surface area contributed by atoms with E-state index in [0.29, 0.717) is 0 Å². The van der Waals surface area contributed by atoms with Gasteiger partial charge < -0.3 is 15.8 Å². The highest BCUT2D eigenvalue weighted by Gasteiger charge is 2.11. The lowest BCUT2D eigenvalue weighted by Gasteiger charge is -2.12. The summed E-state index contributed by atoms with van der Waals surface area (Å²) in [7, 11) is 0. The Morgan fingerprint density at radius 2 is 1.91 bits per heavy atom. The summed E-state index contributed by atoms with van der Waals surface area (Å²) in [5.41, 5.74) is 9.86. The van der Waals surface area contributed by atoms with E-state index in [9.17, 15) is 9.59 Å². The number of carbonyl (C=O) groups excluding carboxylic acids is 1. The van der Waals surface area contributed by atoms with E-state index in [4.69, 9.17) is 5.11 Å². The van der Waals surface area contributed by atoms with E-state index in [1.54, 1.807) is 0 Å². The third kappa shape index (κ3) is 6.94. The lowest BCUT2D eigenvalue weighted by atomic mass is 10.1. The zero-order valence-electron chi connectivity index (χ0n) is 13.0. The average Bonchev–Trinajstić information content (AvgIpc) is 2.51. The van der Waals surface area contributed by atoms with Crippen molar-refractivity contribution >= 4 is 17.7 Å². The minimum Gasteiger partial charge on any atom is -0.481 e. The number of carbonyl (C=O) groups is 2. The van der Waals surface area contributed by atoms with Gasteiger partial charge in [0.1, 0.15) is 0 Å². The van der Waals surface area contributed by atoms with Gasteiger partial charge >= 0.3 is 12.0 Å². The maximum atomic E-state index is 11.4. The fourth-order valence-electron chi connectivity index (χ4n) is 1.67. The molecule has 0 saturated heterocycles. The van der Waals surface area contributed by atoms with Crippen molar-refractivity contribution in [3.63, 3.8) is 0 Å². The van der Waals surface area contributed by atoms with Crippen molar-refractivity contribution < 1.29 is 14.7 Å². The van der Waals surface area contributed by atoms with E-state index in [-0.39, 0.29) is 6.54 Å². The number of nitrogens with one attached hydrogen (secondary N) is 4. The monoisotopic (exact) mass is 308 g/mol. The SMILES string of the molecule is CCCCc1ccc(NNNC(=O)NC[C@H](C)C(=O)O)cc1. The first-order valence-corrected chi connectivity index (χ1v) is 7.39. The number of benzene rings is 1. The van der Waals surface area contributed by atoms with Crippen molar-refractivity contribution in [2.45, 2.75) is 33.1 Å². The Hall–Kier alpha value is -2.28. The number of hydrogen-bond donors (Lipinski definition) is 5. The highest BCUT2D eigenvalue weighted by molar-refractivity contribution is 5.75. The highest BCUT2D eigenvalue weighted by atomic mass is 16.4. The summed E-state index contributed by atoms with van der Waals surface area (Å²) < 4.78 is 0. The van der Waals surface area contributed by atoms with Crippen LogP contribution < -0.4 is 21.7 Å². The van der Waals surface area contributed by atoms with Crippen LogP contribution in [0.5, 0.6) is 0 Å². The number of aliphatic carboxylic acids is 1. The predicted octanol–water partition coefficient (Wildman–Crippen LogP) is 1.88. The van der Waals surface area contributed by atoms with Gasteiger partial charge in [-0.2, -0.15) is 0 Å². The molecule has 1 aromatic rings. The molecule has 0 radical (unpaired) electrons. The molecule has 2 amide bonds. The van der Waals surface area contributed by atoms with Gasteiger partial charge in [-0.1, -0.05) is 32.4 Å². The zero-order chi connectivity index (χ0) is 16.4. The third-order valence-corrected chi connectivity index (χ3v) is 3.15. The number of urea groups is 1. The fourth-order valence-corrected chi connectivity index (χ4v) is 1.67. The van der Waals surface area contributed by atoms with Gasteiger partial charge in [0.2, 0.25) is 0 Å². The second-order valence-electron chi connectivity index (χ2n) is 5.12. The largest absolute Gasteiger partial charge is 0.481 e. The summed E-state index contributed by atoms with van der Waals surface area (Å²) in [5, 5.41) is 11.1. The van der Waals surface area contributed by atoms with Crippen molar-refractivity contribution in [2.24, 2.45) is 5.92 Å². The zero-order valence-corrected chi connectivity index (χ0v) is 13.0. The first-order chi connectivity index (χ1) is 10.5. The van der Waals surface area contributed by atoms with Crippen molar-refractivity contribution in [1.82, 2.24) is 16.3 Å². The van der Waals surface area contributed by atoms with Crippen molar-refractivity contribution in [2.75, 3.05) is 12.0 Å². The quantitative estimate of drug-likeness (QED) is 0.448. The van der Waals surface area contributed by atoms with Crippen LogP contribution in [0, 0.1) is 5.92 Å². The molecule has 0 aliphatic heterocycles. The van der Waals surface area contributed by atoms with E-state index < -0.39 is 17.9 Å². The number of carboxylic acids is 1. The molecule has 5 N–H and O–H groups in total. The summed E-state index contributed by atoms with van der Waals surface area (Å²) in [6.07, 6.45) is 3.40. The van der Waals surface area contributed by atoms with E-state index in [0.717, 1.165) is 12.1 Å². The van der Waals surface area contributed by atoms with Gasteiger partial charge in [-0.25, -0.2) is 4.79 Å². The molecule has 0 fully saturated rings. The van der Waals surface area contributed by atoms with Gasteiger partial charge in [-0.3, -0.25) is 10.2 Å². The Labute approximate surface area is 130 Å². The Bertz CT molecular complexity index is 476. The first kappa shape index (κ1) is 17.8. The number of unbranched alkanes of at least 4 members (excludes halogenated alkanes) is 1. The summed E-state index contributed by atoms with van der Waals surface area (Å²) in [6, 6.07) is 7.41. The second-order valence-corrected chi connectivity index (χ2v) is 5.12. The average molecular weight is 308 g/mol. The molecule has 1 atom stereocenters. The number of anilines is 1. The molecule has 0 aliphatic rings. The Kier molecular flexibility index (Phi) is 7.77. The van der Waals surface area contributed by atoms with Crippen LogP contribution in [0.4, 0.5) is 10.5 Å². The van der Waals surface area contributed by atoms with E-state index in [1.165, 1.54) is 25.3 Å². The Balaban J connectivity index is 2.23. The lowest BCUT2D eigenvalue weighted by Crippen LogP contribution is -2.48. The Morgan fingerprint density at radius 1 is 1.23 bits per heavy atom. The number of amides is 2. The Morgan fingerprint density at radius 3 is 2.50 bits per heavy atom. The molecule has 0 aliphatic carbocycles. The standard InChI is InChI=1S/C15H24N4O3/c1-3-4-5-12-6-8-13(9-7-12)17-19-18-15(22)16-10-11(2)14(20)21/h6-9,11,17,19H,3-5,10H2,1-2H3,(H,20,21)(H2,16,18,22)/t11-/m0/s1. The number of aryl methyl sites for hydroxylation is 1. The molecule has 0 bridgehead atoms. The first-order valence-electron chi connectivity index (χ1n) is 7.39. The van der Waals surface area contributed by atoms with Gasteiger partial charge in [-0.15, -0.1) is 5.53 Å². The van der Waals surface area contributed by atoms with Crippen molar-refractivity contribution in [1.29, 1.82) is 0 Å². The van der Waals surface area contributed by atoms with E-state index in [1.807, 2.05) is 24.3 Å². The number of hydrazine groups is 2. The van der Waals surface area contributed by atoms with Crippen LogP contribution in [0.3, 0.4) is 0 Å². The molecule has 1 rings (SSSR count). The molecule has 0 saturated carbocycles. The predicted molar refractivity (Wildman–Crippen MR) is 85.1 cm³/mol. The van der Waals surface area contributed by atoms with Crippen molar-refractivity contribution in [3.8, 4) is 0 Å². The number of hydrogen-bond acceptors (Lipinski definition) is 4. The van der Waals surface area contributed by atoms with Gasteiger partial charge in [-0.05, 0) is 30.5 Å². The second kappa shape index (κ2) is 9.62. The van der Waals surface area contributed by atoms with Crippen LogP contribution in [0.1, 0.15) is 32.3 Å². The third-order valence-electron chi connectivity index (χ3n) is 3.15. The van der Waals surface area contributed by atoms with E-state index >= 15 is 0 Å². The smallest absolute Gasteiger partial charge is 0.330 e. The molecule has 22 heavy (non-hydrogen) atoms. The molecule has 7 nitrogen and oxygen atoms in total. The maximum absolute atomic E-state index is 11.4. The van der Waals surface area contributed by atoms with Crippen LogP contribution in [0.2, 0.25) is 0 Å². The summed E-state index contributed by atoms with van der Waals surface area (Å²) in [5.74, 6) is -1.58. The molecule has 7 heteroatoms. The van der Waals surface area contributed by atoms with Gasteiger partial charge in [0.25, 0.3) is 0 Å². The molecule has 0 aromatic heterocycles. The fraction of sp³-hybridized carbons (Fsp3) is 0.467. The van der Waals surface area contributed by atoms with Crippen LogP contribution in [-0.2, 0) is 11.2 Å². The molecule has 0 spiro atoms. The minimum absolute atomic E-state index is 0.0645. The van der Waals surface area contributed by atoms with Crippen LogP contribution >= 0.6 is 0 Å². The number of carboxylic acid groups (broad SMARTS) is 1. The van der Waals surface area contributed by atoms with Crippen LogP contribution in [0.15, 0.2) is 24.3 Å². The van der Waals surface area contributed by atoms with Gasteiger partial charge in [0.15, 0.2) is 0 Å². The van der Waals surface area contributed by atoms with Gasteiger partial charge in [0.05, 0.1) is 11.6 Å². The summed E-state index contributed by atoms with van der Waals surface area (Å²) in [4.78, 5) is 22.0. The summed E-state index contributed by atoms with van der Waals surface area (Å²) in [6.45, 7) is 3.75. The molecule has 1 aromatic carbocycles. The number of rotatable bonds is 9. The molecular weight excluding hydrogens is 284 g/mol. The van der Waals surface area contributed by atoms with Gasteiger partial charge in [0, 0.05) is 6.54 Å². The van der Waals surface area contributed by atoms with Crippen LogP contribution in [-0.4, -0.2) is 23.7 Å². The molecular formula is C15H24N4O3. The van der Waals surface area contributed by atoms with Crippen molar-refractivity contribution in [3.05, 3.63) is 29.8 Å². The maximum Gasteiger partial charge on any atom is 0.330 e. The molecule has 0 heterocycles. The van der Waals surface area contributed by atoms with E-state index in [2.05, 4.69) is 28.6 Å². The highest BCUT2D eigenvalue weighted by Crippen LogP contribution is 2.10. The normalized spacial score (nSPS) is 11.5. The topological polar surface area (TPSA) is 102 Å². The molecule has 0 unspecified atom stereocenters. The summed E-state index contributed by atoms with van der Waals surface area (Å²) >= 11 is 0. The minimum atomic E-state index is -0.949. The van der Waals surface area contributed by atoms with Crippen LogP contribution in [0.25, 0.3) is 0 Å². The lowest BCUT2D eigenvalue weighted by molar-refractivity contribution is -0.140.